The van der Waals surface area contributed by atoms with E-state index < -0.39 is 0 Å². The lowest BCUT2D eigenvalue weighted by atomic mass is 9.94. The number of rotatable bonds is 4. The number of thiazole rings is 1. The van der Waals surface area contributed by atoms with Gasteiger partial charge < -0.3 is 10.6 Å². The average Bonchev–Trinajstić information content (AvgIpc) is 2.84. The van der Waals surface area contributed by atoms with E-state index in [1.54, 1.807) is 11.3 Å². The van der Waals surface area contributed by atoms with Crippen molar-refractivity contribution in [3.05, 3.63) is 16.1 Å². The van der Waals surface area contributed by atoms with E-state index in [2.05, 4.69) is 29.5 Å². The smallest absolute Gasteiger partial charge is 0.237 e. The molecule has 1 aliphatic heterocycles. The van der Waals surface area contributed by atoms with Crippen molar-refractivity contribution in [2.75, 3.05) is 6.54 Å². The molecule has 1 saturated heterocycles. The van der Waals surface area contributed by atoms with Gasteiger partial charge in [0.1, 0.15) is 5.01 Å². The number of carbonyl (C=O) groups is 1. The zero-order valence-corrected chi connectivity index (χ0v) is 11.8. The number of hydrogen-bond acceptors (Lipinski definition) is 4. The number of amides is 1. The Morgan fingerprint density at radius 2 is 2.50 bits per heavy atom. The number of carbonyl (C=O) groups excluding carboxylic acids is 1. The van der Waals surface area contributed by atoms with Gasteiger partial charge in [-0.2, -0.15) is 0 Å². The summed E-state index contributed by atoms with van der Waals surface area (Å²) in [5.74, 6) is 0.739. The lowest BCUT2D eigenvalue weighted by Gasteiger charge is -2.27. The normalized spacial score (nSPS) is 23.9. The summed E-state index contributed by atoms with van der Waals surface area (Å²) in [4.78, 5) is 17.6. The Hall–Kier alpha value is -0.940. The molecule has 100 valence electrons. The van der Waals surface area contributed by atoms with Crippen LogP contribution in [0.25, 0.3) is 0 Å². The summed E-state index contributed by atoms with van der Waals surface area (Å²) in [6.07, 6.45) is 5.00. The maximum Gasteiger partial charge on any atom is 0.237 e. The average molecular weight is 267 g/mol. The van der Waals surface area contributed by atoms with Gasteiger partial charge in [0, 0.05) is 11.1 Å². The van der Waals surface area contributed by atoms with Crippen LogP contribution in [0.2, 0.25) is 0 Å². The van der Waals surface area contributed by atoms with Crippen molar-refractivity contribution in [2.24, 2.45) is 5.92 Å². The van der Waals surface area contributed by atoms with Gasteiger partial charge in [0.25, 0.3) is 0 Å². The van der Waals surface area contributed by atoms with Crippen LogP contribution in [0, 0.1) is 5.92 Å². The highest BCUT2D eigenvalue weighted by atomic mass is 32.1. The van der Waals surface area contributed by atoms with Crippen molar-refractivity contribution in [1.82, 2.24) is 15.6 Å². The molecule has 2 rings (SSSR count). The van der Waals surface area contributed by atoms with Crippen molar-refractivity contribution in [1.29, 1.82) is 0 Å². The van der Waals surface area contributed by atoms with Gasteiger partial charge in [-0.3, -0.25) is 4.79 Å². The van der Waals surface area contributed by atoms with E-state index in [1.807, 2.05) is 6.20 Å². The van der Waals surface area contributed by atoms with Crippen LogP contribution in [0.15, 0.2) is 6.20 Å². The molecule has 0 bridgehead atoms. The van der Waals surface area contributed by atoms with Gasteiger partial charge in [0.2, 0.25) is 5.91 Å². The van der Waals surface area contributed by atoms with E-state index in [9.17, 15) is 4.79 Å². The molecule has 2 unspecified atom stereocenters. The van der Waals surface area contributed by atoms with Gasteiger partial charge in [0.15, 0.2) is 0 Å². The summed E-state index contributed by atoms with van der Waals surface area (Å²) in [5.41, 5.74) is 0. The Labute approximate surface area is 112 Å². The highest BCUT2D eigenvalue weighted by molar-refractivity contribution is 7.11. The van der Waals surface area contributed by atoms with Crippen LogP contribution in [0.5, 0.6) is 0 Å². The van der Waals surface area contributed by atoms with Gasteiger partial charge >= 0.3 is 0 Å². The molecule has 0 saturated carbocycles. The Balaban J connectivity index is 1.80. The van der Waals surface area contributed by atoms with E-state index in [0.717, 1.165) is 30.8 Å². The van der Waals surface area contributed by atoms with Gasteiger partial charge in [-0.05, 0) is 31.7 Å². The van der Waals surface area contributed by atoms with Gasteiger partial charge in [-0.15, -0.1) is 11.3 Å². The van der Waals surface area contributed by atoms with E-state index in [-0.39, 0.29) is 11.9 Å². The van der Waals surface area contributed by atoms with Gasteiger partial charge in [-0.1, -0.05) is 13.8 Å². The molecule has 0 aromatic carbocycles. The molecule has 2 heterocycles. The fourth-order valence-electron chi connectivity index (χ4n) is 2.19. The molecule has 2 atom stereocenters. The molecular weight excluding hydrogens is 246 g/mol. The van der Waals surface area contributed by atoms with Crippen LogP contribution in [-0.2, 0) is 17.8 Å². The number of hydrogen-bond donors (Lipinski definition) is 2. The van der Waals surface area contributed by atoms with Crippen LogP contribution in [0.3, 0.4) is 0 Å². The van der Waals surface area contributed by atoms with Crippen LogP contribution >= 0.6 is 11.3 Å². The molecule has 1 aromatic rings. The Morgan fingerprint density at radius 3 is 3.17 bits per heavy atom. The first-order valence-electron chi connectivity index (χ1n) is 6.63. The Morgan fingerprint density at radius 1 is 1.67 bits per heavy atom. The number of piperidine rings is 1. The number of aromatic nitrogens is 1. The van der Waals surface area contributed by atoms with E-state index in [0.29, 0.717) is 12.5 Å². The van der Waals surface area contributed by atoms with Crippen LogP contribution in [0.4, 0.5) is 0 Å². The molecule has 2 N–H and O–H groups in total. The third-order valence-electron chi connectivity index (χ3n) is 3.35. The molecule has 5 heteroatoms. The lowest BCUT2D eigenvalue weighted by molar-refractivity contribution is -0.124. The standard InChI is InChI=1S/C13H21N3OS/c1-3-10-7-15-12(18-10)8-16-13(17)11-6-9(2)4-5-14-11/h7,9,11,14H,3-6,8H2,1-2H3,(H,16,17). The van der Waals surface area contributed by atoms with E-state index in [1.165, 1.54) is 4.88 Å². The van der Waals surface area contributed by atoms with E-state index >= 15 is 0 Å². The molecule has 0 radical (unpaired) electrons. The highest BCUT2D eigenvalue weighted by Gasteiger charge is 2.24. The highest BCUT2D eigenvalue weighted by Crippen LogP contribution is 2.16. The molecule has 1 aliphatic rings. The van der Waals surface area contributed by atoms with Crippen LogP contribution < -0.4 is 10.6 Å². The lowest BCUT2D eigenvalue weighted by Crippen LogP contribution is -2.48. The molecule has 1 aromatic heterocycles. The molecule has 1 fully saturated rings. The second-order valence-corrected chi connectivity index (χ2v) is 6.13. The number of nitrogens with zero attached hydrogens (tertiary/aromatic N) is 1. The van der Waals surface area contributed by atoms with Crippen molar-refractivity contribution in [3.8, 4) is 0 Å². The third-order valence-corrected chi connectivity index (χ3v) is 4.49. The third kappa shape index (κ3) is 3.53. The van der Waals surface area contributed by atoms with Crippen molar-refractivity contribution in [2.45, 2.75) is 45.7 Å². The summed E-state index contributed by atoms with van der Waals surface area (Å²) in [6, 6.07) is -0.0284. The first-order valence-corrected chi connectivity index (χ1v) is 7.45. The van der Waals surface area contributed by atoms with Crippen molar-refractivity contribution < 1.29 is 4.79 Å². The molecular formula is C13H21N3OS. The maximum absolute atomic E-state index is 12.0. The largest absolute Gasteiger partial charge is 0.348 e. The maximum atomic E-state index is 12.0. The van der Waals surface area contributed by atoms with Gasteiger partial charge in [-0.25, -0.2) is 4.98 Å². The second-order valence-electron chi connectivity index (χ2n) is 4.93. The fraction of sp³-hybridized carbons (Fsp3) is 0.692. The summed E-state index contributed by atoms with van der Waals surface area (Å²) in [5, 5.41) is 7.24. The molecule has 0 spiro atoms. The topological polar surface area (TPSA) is 54.0 Å². The number of aryl methyl sites for hydroxylation is 1. The first-order chi connectivity index (χ1) is 8.69. The Kier molecular flexibility index (Phi) is 4.72. The molecule has 18 heavy (non-hydrogen) atoms. The predicted molar refractivity (Wildman–Crippen MR) is 73.5 cm³/mol. The summed E-state index contributed by atoms with van der Waals surface area (Å²) < 4.78 is 0. The summed E-state index contributed by atoms with van der Waals surface area (Å²) in [7, 11) is 0. The zero-order chi connectivity index (χ0) is 13.0. The summed E-state index contributed by atoms with van der Waals surface area (Å²) >= 11 is 1.68. The van der Waals surface area contributed by atoms with Crippen LogP contribution in [-0.4, -0.2) is 23.5 Å². The quantitative estimate of drug-likeness (QED) is 0.873. The molecule has 1 amide bonds. The fourth-order valence-corrected chi connectivity index (χ4v) is 2.99. The number of nitrogens with one attached hydrogen (secondary N) is 2. The van der Waals surface area contributed by atoms with Crippen LogP contribution in [0.1, 0.15) is 36.6 Å². The SMILES string of the molecule is CCc1cnc(CNC(=O)C2CC(C)CCN2)s1. The monoisotopic (exact) mass is 267 g/mol. The minimum absolute atomic E-state index is 0.0284. The van der Waals surface area contributed by atoms with E-state index in [4.69, 9.17) is 0 Å². The first kappa shape index (κ1) is 13.5. The summed E-state index contributed by atoms with van der Waals surface area (Å²) in [6.45, 7) is 5.81. The van der Waals surface area contributed by atoms with Crippen molar-refractivity contribution >= 4 is 17.2 Å². The Bertz CT molecular complexity index is 405. The minimum atomic E-state index is -0.0284. The van der Waals surface area contributed by atoms with Crippen molar-refractivity contribution in [3.63, 3.8) is 0 Å². The molecule has 0 aliphatic carbocycles. The predicted octanol–water partition coefficient (Wildman–Crippen LogP) is 1.71. The molecule has 4 nitrogen and oxygen atoms in total. The second kappa shape index (κ2) is 6.29. The minimum Gasteiger partial charge on any atom is -0.348 e. The zero-order valence-electron chi connectivity index (χ0n) is 11.0. The van der Waals surface area contributed by atoms with Gasteiger partial charge in [0.05, 0.1) is 12.6 Å².